The van der Waals surface area contributed by atoms with Crippen molar-refractivity contribution in [3.05, 3.63) is 48.6 Å². The predicted molar refractivity (Wildman–Crippen MR) is 89.0 cm³/mol. The predicted octanol–water partition coefficient (Wildman–Crippen LogP) is 3.86. The highest BCUT2D eigenvalue weighted by Gasteiger charge is 2.18. The average molecular weight is 311 g/mol. The van der Waals surface area contributed by atoms with Gasteiger partial charge in [-0.3, -0.25) is 4.68 Å². The molecule has 0 radical (unpaired) electrons. The van der Waals surface area contributed by atoms with Crippen molar-refractivity contribution in [3.63, 3.8) is 0 Å². The fourth-order valence-corrected chi connectivity index (χ4v) is 2.18. The van der Waals surface area contributed by atoms with Crippen LogP contribution in [0.25, 0.3) is 11.5 Å². The summed E-state index contributed by atoms with van der Waals surface area (Å²) in [4.78, 5) is 0. The molecule has 1 atom stereocenters. The molecule has 2 heterocycles. The first-order valence-electron chi connectivity index (χ1n) is 7.64. The van der Waals surface area contributed by atoms with Crippen molar-refractivity contribution in [1.29, 1.82) is 0 Å². The zero-order valence-electron chi connectivity index (χ0n) is 13.8. The van der Waals surface area contributed by atoms with Gasteiger partial charge in [0, 0.05) is 11.8 Å². The van der Waals surface area contributed by atoms with Gasteiger partial charge in [0.25, 0.3) is 0 Å². The molecule has 6 heteroatoms. The van der Waals surface area contributed by atoms with E-state index in [2.05, 4.69) is 41.4 Å². The monoisotopic (exact) mass is 311 g/mol. The molecule has 6 nitrogen and oxygen atoms in total. The van der Waals surface area contributed by atoms with Gasteiger partial charge < -0.3 is 9.73 Å². The van der Waals surface area contributed by atoms with E-state index in [0.29, 0.717) is 11.8 Å². The van der Waals surface area contributed by atoms with Gasteiger partial charge in [0.1, 0.15) is 6.04 Å². The Balaban J connectivity index is 1.73. The van der Waals surface area contributed by atoms with Crippen LogP contribution in [0.15, 0.2) is 47.1 Å². The molecule has 0 aliphatic heterocycles. The summed E-state index contributed by atoms with van der Waals surface area (Å²) < 4.78 is 7.69. The highest BCUT2D eigenvalue weighted by Crippen LogP contribution is 2.23. The third-order valence-corrected chi connectivity index (χ3v) is 3.48. The van der Waals surface area contributed by atoms with Gasteiger partial charge in [0.2, 0.25) is 11.8 Å². The quantitative estimate of drug-likeness (QED) is 0.792. The van der Waals surface area contributed by atoms with Crippen LogP contribution >= 0.6 is 0 Å². The van der Waals surface area contributed by atoms with E-state index in [9.17, 15) is 0 Å². The minimum Gasteiger partial charge on any atom is -0.418 e. The van der Waals surface area contributed by atoms with Gasteiger partial charge in [-0.05, 0) is 39.8 Å². The Labute approximate surface area is 135 Å². The second kappa shape index (κ2) is 5.87. The first-order chi connectivity index (χ1) is 10.9. The Morgan fingerprint density at radius 3 is 2.52 bits per heavy atom. The maximum atomic E-state index is 5.77. The minimum atomic E-state index is -0.0995. The first-order valence-corrected chi connectivity index (χ1v) is 7.64. The number of aromatic nitrogens is 4. The molecule has 0 unspecified atom stereocenters. The van der Waals surface area contributed by atoms with Crippen molar-refractivity contribution in [2.24, 2.45) is 0 Å². The number of hydrogen-bond acceptors (Lipinski definition) is 5. The second-order valence-corrected chi connectivity index (χ2v) is 6.52. The van der Waals surface area contributed by atoms with Gasteiger partial charge in [-0.25, -0.2) is 0 Å². The Morgan fingerprint density at radius 1 is 1.13 bits per heavy atom. The number of benzene rings is 1. The van der Waals surface area contributed by atoms with Crippen LogP contribution in [0.2, 0.25) is 0 Å². The number of nitrogens with zero attached hydrogens (tertiary/aromatic N) is 4. The van der Waals surface area contributed by atoms with Gasteiger partial charge in [0.15, 0.2) is 0 Å². The summed E-state index contributed by atoms with van der Waals surface area (Å²) in [6.07, 6.45) is 3.78. The van der Waals surface area contributed by atoms with Crippen LogP contribution in [0.5, 0.6) is 0 Å². The molecule has 0 fully saturated rings. The molecular weight excluding hydrogens is 290 g/mol. The smallest absolute Gasteiger partial charge is 0.247 e. The van der Waals surface area contributed by atoms with Crippen molar-refractivity contribution < 1.29 is 4.42 Å². The van der Waals surface area contributed by atoms with Crippen molar-refractivity contribution >= 4 is 5.69 Å². The van der Waals surface area contributed by atoms with E-state index in [0.717, 1.165) is 11.3 Å². The first kappa shape index (κ1) is 15.3. The molecule has 0 amide bonds. The zero-order chi connectivity index (χ0) is 16.4. The molecule has 0 bridgehead atoms. The lowest BCUT2D eigenvalue weighted by molar-refractivity contribution is 0.355. The lowest BCUT2D eigenvalue weighted by atomic mass is 10.1. The van der Waals surface area contributed by atoms with Crippen LogP contribution in [0, 0.1) is 0 Å². The molecule has 3 aromatic rings. The Kier molecular flexibility index (Phi) is 3.90. The van der Waals surface area contributed by atoms with Crippen molar-refractivity contribution in [3.8, 4) is 11.5 Å². The van der Waals surface area contributed by atoms with E-state index in [-0.39, 0.29) is 11.6 Å². The largest absolute Gasteiger partial charge is 0.418 e. The Bertz CT molecular complexity index is 770. The van der Waals surface area contributed by atoms with E-state index in [1.54, 1.807) is 6.20 Å². The molecule has 0 aliphatic carbocycles. The maximum Gasteiger partial charge on any atom is 0.247 e. The van der Waals surface area contributed by atoms with Crippen LogP contribution in [0.3, 0.4) is 0 Å². The molecule has 1 aromatic carbocycles. The third kappa shape index (κ3) is 3.41. The highest BCUT2D eigenvalue weighted by atomic mass is 16.4. The number of nitrogens with one attached hydrogen (secondary N) is 1. The fourth-order valence-electron chi connectivity index (χ4n) is 2.18. The van der Waals surface area contributed by atoms with Crippen LogP contribution in [0.4, 0.5) is 5.69 Å². The van der Waals surface area contributed by atoms with Gasteiger partial charge in [-0.2, -0.15) is 5.10 Å². The van der Waals surface area contributed by atoms with E-state index in [1.807, 2.05) is 48.1 Å². The van der Waals surface area contributed by atoms with Gasteiger partial charge in [0.05, 0.1) is 17.4 Å². The number of anilines is 1. The molecule has 2 aromatic heterocycles. The molecule has 0 saturated carbocycles. The standard InChI is InChI=1S/C17H21N5O/c1-12(19-14-10-18-22(11-14)17(2,3)4)15-20-21-16(23-15)13-8-6-5-7-9-13/h5-12,19H,1-4H3/t12-/m0/s1. The highest BCUT2D eigenvalue weighted by molar-refractivity contribution is 5.52. The normalized spacial score (nSPS) is 13.0. The summed E-state index contributed by atoms with van der Waals surface area (Å²) in [5.74, 6) is 1.08. The summed E-state index contributed by atoms with van der Waals surface area (Å²) in [6, 6.07) is 9.64. The number of hydrogen-bond donors (Lipinski definition) is 1. The minimum absolute atomic E-state index is 0.0475. The van der Waals surface area contributed by atoms with Gasteiger partial charge in [-0.1, -0.05) is 18.2 Å². The van der Waals surface area contributed by atoms with E-state index < -0.39 is 0 Å². The van der Waals surface area contributed by atoms with Crippen molar-refractivity contribution in [1.82, 2.24) is 20.0 Å². The average Bonchev–Trinajstić information content (AvgIpc) is 3.16. The second-order valence-electron chi connectivity index (χ2n) is 6.52. The van der Waals surface area contributed by atoms with E-state index in [1.165, 1.54) is 0 Å². The van der Waals surface area contributed by atoms with E-state index in [4.69, 9.17) is 4.42 Å². The number of rotatable bonds is 4. The van der Waals surface area contributed by atoms with Crippen molar-refractivity contribution in [2.45, 2.75) is 39.3 Å². The maximum absolute atomic E-state index is 5.77. The van der Waals surface area contributed by atoms with Crippen LogP contribution in [0.1, 0.15) is 39.6 Å². The summed E-state index contributed by atoms with van der Waals surface area (Å²) in [7, 11) is 0. The van der Waals surface area contributed by atoms with Crippen LogP contribution < -0.4 is 5.32 Å². The van der Waals surface area contributed by atoms with Crippen LogP contribution in [-0.4, -0.2) is 20.0 Å². The third-order valence-electron chi connectivity index (χ3n) is 3.48. The summed E-state index contributed by atoms with van der Waals surface area (Å²) in [5, 5.41) is 16.0. The molecule has 120 valence electrons. The topological polar surface area (TPSA) is 68.8 Å². The lowest BCUT2D eigenvalue weighted by Gasteiger charge is -2.18. The summed E-state index contributed by atoms with van der Waals surface area (Å²) in [5.41, 5.74) is 1.79. The zero-order valence-corrected chi connectivity index (χ0v) is 13.8. The van der Waals surface area contributed by atoms with Gasteiger partial charge in [-0.15, -0.1) is 10.2 Å². The molecule has 23 heavy (non-hydrogen) atoms. The van der Waals surface area contributed by atoms with Gasteiger partial charge >= 0.3 is 0 Å². The molecule has 0 aliphatic rings. The Morgan fingerprint density at radius 2 is 1.87 bits per heavy atom. The summed E-state index contributed by atoms with van der Waals surface area (Å²) >= 11 is 0. The molecule has 0 saturated heterocycles. The fraction of sp³-hybridized carbons (Fsp3) is 0.353. The summed E-state index contributed by atoms with van der Waals surface area (Å²) in [6.45, 7) is 8.31. The van der Waals surface area contributed by atoms with E-state index >= 15 is 0 Å². The SMILES string of the molecule is C[C@H](Nc1cnn(C(C)(C)C)c1)c1nnc(-c2ccccc2)o1. The molecular formula is C17H21N5O. The Hall–Kier alpha value is -2.63. The van der Waals surface area contributed by atoms with Crippen molar-refractivity contribution in [2.75, 3.05) is 5.32 Å². The molecule has 3 rings (SSSR count). The lowest BCUT2D eigenvalue weighted by Crippen LogP contribution is -2.21. The molecule has 1 N–H and O–H groups in total. The van der Waals surface area contributed by atoms with Crippen LogP contribution in [-0.2, 0) is 5.54 Å². The molecule has 0 spiro atoms.